The number of anilines is 1. The molecule has 1 aromatic carbocycles. The maximum atomic E-state index is 12.2. The van der Waals surface area contributed by atoms with Crippen molar-refractivity contribution >= 4 is 26.5 Å². The van der Waals surface area contributed by atoms with Gasteiger partial charge < -0.3 is 10.1 Å². The van der Waals surface area contributed by atoms with Crippen molar-refractivity contribution in [3.05, 3.63) is 48.4 Å². The Morgan fingerprint density at radius 2 is 2.00 bits per heavy atom. The molecule has 0 spiro atoms. The van der Waals surface area contributed by atoms with Gasteiger partial charge in [0.15, 0.2) is 0 Å². The van der Waals surface area contributed by atoms with E-state index in [4.69, 9.17) is 4.74 Å². The van der Waals surface area contributed by atoms with Gasteiger partial charge in [0.1, 0.15) is 11.6 Å². The third-order valence-electron chi connectivity index (χ3n) is 5.83. The summed E-state index contributed by atoms with van der Waals surface area (Å²) < 4.78 is 31.0. The molecule has 1 aliphatic rings. The molecule has 0 aliphatic carbocycles. The molecular formula is C23H25N5O3S. The van der Waals surface area contributed by atoms with Crippen LogP contribution >= 0.6 is 0 Å². The second-order valence-electron chi connectivity index (χ2n) is 7.73. The summed E-state index contributed by atoms with van der Waals surface area (Å²) in [5.74, 6) is 0.428. The van der Waals surface area contributed by atoms with E-state index in [1.54, 1.807) is 29.7 Å². The summed E-state index contributed by atoms with van der Waals surface area (Å²) >= 11 is 0. The molecule has 4 rings (SSSR count). The first kappa shape index (κ1) is 22.0. The predicted octanol–water partition coefficient (Wildman–Crippen LogP) is 3.40. The van der Waals surface area contributed by atoms with Gasteiger partial charge in [-0.05, 0) is 55.0 Å². The molecule has 0 saturated carbocycles. The molecule has 0 radical (unpaired) electrons. The summed E-state index contributed by atoms with van der Waals surface area (Å²) in [5, 5.41) is 15.0. The second-order valence-corrected chi connectivity index (χ2v) is 9.99. The number of rotatable bonds is 6. The Balaban J connectivity index is 1.65. The summed E-state index contributed by atoms with van der Waals surface area (Å²) in [6, 6.07) is 10.1. The number of nitrogens with zero attached hydrogens (tertiary/aromatic N) is 4. The van der Waals surface area contributed by atoms with Crippen molar-refractivity contribution in [2.24, 2.45) is 0 Å². The molecule has 0 atom stereocenters. The molecule has 1 N–H and O–H groups in total. The van der Waals surface area contributed by atoms with Gasteiger partial charge in [0.05, 0.1) is 12.9 Å². The number of sulfonamides is 1. The van der Waals surface area contributed by atoms with E-state index in [0.717, 1.165) is 40.4 Å². The van der Waals surface area contributed by atoms with Crippen molar-refractivity contribution in [1.82, 2.24) is 14.3 Å². The lowest BCUT2D eigenvalue weighted by molar-refractivity contribution is 0.330. The third-order valence-corrected chi connectivity index (χ3v) is 7.71. The minimum atomic E-state index is -3.16. The predicted molar refractivity (Wildman–Crippen MR) is 124 cm³/mol. The maximum absolute atomic E-state index is 12.2. The third kappa shape index (κ3) is 4.38. The van der Waals surface area contributed by atoms with Crippen LogP contribution in [0, 0.1) is 11.3 Å². The molecule has 0 bridgehead atoms. The lowest BCUT2D eigenvalue weighted by Crippen LogP contribution is -2.42. The SMILES string of the molecule is CCS(=O)(=O)N1CCC(Nc2cc(-c3cnc(OC)c(C#N)c3)cc3ccncc23)CC1. The zero-order valence-corrected chi connectivity index (χ0v) is 18.9. The van der Waals surface area contributed by atoms with Gasteiger partial charge in [-0.1, -0.05) is 0 Å². The fourth-order valence-corrected chi connectivity index (χ4v) is 5.15. The number of pyridine rings is 2. The molecule has 3 aromatic rings. The number of methoxy groups -OCH3 is 1. The Bertz CT molecular complexity index is 1280. The number of nitriles is 1. The van der Waals surface area contributed by atoms with Gasteiger partial charge in [0, 0.05) is 54.4 Å². The molecule has 8 nitrogen and oxygen atoms in total. The summed E-state index contributed by atoms with van der Waals surface area (Å²) in [7, 11) is -1.66. The van der Waals surface area contributed by atoms with E-state index in [2.05, 4.69) is 21.4 Å². The second kappa shape index (κ2) is 9.10. The monoisotopic (exact) mass is 451 g/mol. The zero-order chi connectivity index (χ0) is 22.7. The summed E-state index contributed by atoms with van der Waals surface area (Å²) in [4.78, 5) is 8.54. The van der Waals surface area contributed by atoms with Crippen LogP contribution in [0.2, 0.25) is 0 Å². The topological polar surface area (TPSA) is 108 Å². The van der Waals surface area contributed by atoms with Gasteiger partial charge >= 0.3 is 0 Å². The van der Waals surface area contributed by atoms with Crippen LogP contribution < -0.4 is 10.1 Å². The van der Waals surface area contributed by atoms with Crippen LogP contribution in [0.3, 0.4) is 0 Å². The van der Waals surface area contributed by atoms with Gasteiger partial charge in [-0.2, -0.15) is 5.26 Å². The fraction of sp³-hybridized carbons (Fsp3) is 0.348. The van der Waals surface area contributed by atoms with Crippen LogP contribution in [0.4, 0.5) is 5.69 Å². The minimum Gasteiger partial charge on any atom is -0.480 e. The standard InChI is InChI=1S/C23H25N5O3S/c1-3-32(29,30)28-8-5-20(6-9-28)27-22-12-17(10-16-4-7-25-15-21(16)22)19-11-18(13-24)23(31-2)26-14-19/h4,7,10-12,14-15,20,27H,3,5-6,8-9H2,1-2H3. The molecule has 1 fully saturated rings. The molecular weight excluding hydrogens is 426 g/mol. The number of piperidine rings is 1. The average molecular weight is 452 g/mol. The van der Waals surface area contributed by atoms with Crippen LogP contribution in [0.5, 0.6) is 5.88 Å². The smallest absolute Gasteiger partial charge is 0.231 e. The van der Waals surface area contributed by atoms with Crippen molar-refractivity contribution < 1.29 is 13.2 Å². The maximum Gasteiger partial charge on any atom is 0.231 e. The first-order chi connectivity index (χ1) is 15.4. The number of hydrogen-bond acceptors (Lipinski definition) is 7. The molecule has 0 unspecified atom stereocenters. The normalized spacial score (nSPS) is 15.4. The quantitative estimate of drug-likeness (QED) is 0.612. The molecule has 3 heterocycles. The van der Waals surface area contributed by atoms with Crippen LogP contribution in [0.15, 0.2) is 42.9 Å². The number of ether oxygens (including phenoxy) is 1. The van der Waals surface area contributed by atoms with E-state index < -0.39 is 10.0 Å². The van der Waals surface area contributed by atoms with Gasteiger partial charge in [-0.25, -0.2) is 17.7 Å². The van der Waals surface area contributed by atoms with Crippen molar-refractivity contribution in [1.29, 1.82) is 5.26 Å². The van der Waals surface area contributed by atoms with Gasteiger partial charge in [0.25, 0.3) is 0 Å². The molecule has 0 amide bonds. The van der Waals surface area contributed by atoms with Gasteiger partial charge in [-0.3, -0.25) is 4.98 Å². The molecule has 166 valence electrons. The highest BCUT2D eigenvalue weighted by Gasteiger charge is 2.27. The highest BCUT2D eigenvalue weighted by molar-refractivity contribution is 7.89. The number of hydrogen-bond donors (Lipinski definition) is 1. The first-order valence-electron chi connectivity index (χ1n) is 10.5. The van der Waals surface area contributed by atoms with Crippen LogP contribution in [0.25, 0.3) is 21.9 Å². The molecule has 9 heteroatoms. The molecule has 2 aromatic heterocycles. The Labute approximate surface area is 187 Å². The average Bonchev–Trinajstić information content (AvgIpc) is 2.83. The Kier molecular flexibility index (Phi) is 6.26. The van der Waals surface area contributed by atoms with E-state index >= 15 is 0 Å². The summed E-state index contributed by atoms with van der Waals surface area (Å²) in [6.45, 7) is 2.70. The van der Waals surface area contributed by atoms with Crippen LogP contribution in [-0.4, -0.2) is 54.7 Å². The molecule has 1 saturated heterocycles. The fourth-order valence-electron chi connectivity index (χ4n) is 4.02. The van der Waals surface area contributed by atoms with E-state index in [-0.39, 0.29) is 11.8 Å². The Morgan fingerprint density at radius 1 is 1.22 bits per heavy atom. The van der Waals surface area contributed by atoms with Crippen molar-refractivity contribution in [2.75, 3.05) is 31.3 Å². The molecule has 32 heavy (non-hydrogen) atoms. The number of aromatic nitrogens is 2. The van der Waals surface area contributed by atoms with Crippen molar-refractivity contribution in [3.63, 3.8) is 0 Å². The van der Waals surface area contributed by atoms with E-state index in [1.807, 2.05) is 24.4 Å². The first-order valence-corrected chi connectivity index (χ1v) is 12.1. The van der Waals surface area contributed by atoms with E-state index in [9.17, 15) is 13.7 Å². The van der Waals surface area contributed by atoms with Crippen molar-refractivity contribution in [2.45, 2.75) is 25.8 Å². The van der Waals surface area contributed by atoms with Crippen molar-refractivity contribution in [3.8, 4) is 23.1 Å². The largest absolute Gasteiger partial charge is 0.480 e. The Morgan fingerprint density at radius 3 is 2.69 bits per heavy atom. The highest BCUT2D eigenvalue weighted by atomic mass is 32.2. The lowest BCUT2D eigenvalue weighted by atomic mass is 9.99. The Hall–Kier alpha value is -3.22. The summed E-state index contributed by atoms with van der Waals surface area (Å²) in [5.41, 5.74) is 3.03. The van der Waals surface area contributed by atoms with E-state index in [0.29, 0.717) is 24.5 Å². The molecule has 1 aliphatic heterocycles. The van der Waals surface area contributed by atoms with Gasteiger partial charge in [0.2, 0.25) is 15.9 Å². The minimum absolute atomic E-state index is 0.129. The highest BCUT2D eigenvalue weighted by Crippen LogP contribution is 2.33. The number of nitrogens with one attached hydrogen (secondary N) is 1. The number of benzene rings is 1. The lowest BCUT2D eigenvalue weighted by Gasteiger charge is -2.32. The summed E-state index contributed by atoms with van der Waals surface area (Å²) in [6.07, 6.45) is 6.73. The van der Waals surface area contributed by atoms with E-state index in [1.165, 1.54) is 7.11 Å². The van der Waals surface area contributed by atoms with Gasteiger partial charge in [-0.15, -0.1) is 0 Å². The zero-order valence-electron chi connectivity index (χ0n) is 18.1. The van der Waals surface area contributed by atoms with Crippen LogP contribution in [0.1, 0.15) is 25.3 Å². The van der Waals surface area contributed by atoms with Crippen LogP contribution in [-0.2, 0) is 10.0 Å². The number of fused-ring (bicyclic) bond motifs is 1.